The van der Waals surface area contributed by atoms with E-state index >= 15 is 0 Å². The van der Waals surface area contributed by atoms with E-state index in [1.807, 2.05) is 0 Å². The summed E-state index contributed by atoms with van der Waals surface area (Å²) in [5.74, 6) is -0.517. The third kappa shape index (κ3) is 15.6. The highest BCUT2D eigenvalue weighted by Crippen LogP contribution is 2.15. The molecule has 0 aromatic heterocycles. The first-order valence-electron chi connectivity index (χ1n) is 9.34. The Hall–Kier alpha value is -1.06. The Morgan fingerprint density at radius 3 is 1.83 bits per heavy atom. The topological polar surface area (TPSA) is 52.6 Å². The number of ether oxygens (including phenoxy) is 2. The first-order chi connectivity index (χ1) is 11.1. The molecule has 0 spiro atoms. The first kappa shape index (κ1) is 21.9. The molecule has 0 aliphatic heterocycles. The molecule has 0 rings (SSSR count). The standard InChI is InChI=1S/C19H36O4/c1-4-5-6-7-8-9-10-11-12-13-14-18(23-17(2)20)15-16-19(21)22-3/h18H,4-16H2,1-3H3. The Bertz CT molecular complexity index is 302. The average Bonchev–Trinajstić information content (AvgIpc) is 2.53. The summed E-state index contributed by atoms with van der Waals surface area (Å²) in [7, 11) is 1.38. The maximum atomic E-state index is 11.2. The normalized spacial score (nSPS) is 12.0. The van der Waals surface area contributed by atoms with E-state index in [4.69, 9.17) is 4.74 Å². The van der Waals surface area contributed by atoms with Gasteiger partial charge in [-0.25, -0.2) is 0 Å². The van der Waals surface area contributed by atoms with Crippen molar-refractivity contribution in [2.24, 2.45) is 0 Å². The highest BCUT2D eigenvalue weighted by atomic mass is 16.5. The lowest BCUT2D eigenvalue weighted by molar-refractivity contribution is -0.149. The van der Waals surface area contributed by atoms with Gasteiger partial charge in [0.2, 0.25) is 0 Å². The van der Waals surface area contributed by atoms with E-state index in [2.05, 4.69) is 11.7 Å². The summed E-state index contributed by atoms with van der Waals surface area (Å²) >= 11 is 0. The third-order valence-corrected chi connectivity index (χ3v) is 4.11. The Labute approximate surface area is 142 Å². The van der Waals surface area contributed by atoms with Crippen LogP contribution in [0.25, 0.3) is 0 Å². The fourth-order valence-corrected chi connectivity index (χ4v) is 2.74. The molecular weight excluding hydrogens is 292 g/mol. The van der Waals surface area contributed by atoms with Crippen molar-refractivity contribution in [2.75, 3.05) is 7.11 Å². The van der Waals surface area contributed by atoms with Crippen LogP contribution in [-0.2, 0) is 19.1 Å². The summed E-state index contributed by atoms with van der Waals surface area (Å²) in [4.78, 5) is 22.3. The molecule has 0 amide bonds. The van der Waals surface area contributed by atoms with Gasteiger partial charge in [-0.2, -0.15) is 0 Å². The summed E-state index contributed by atoms with van der Waals surface area (Å²) < 4.78 is 9.91. The van der Waals surface area contributed by atoms with E-state index in [9.17, 15) is 9.59 Å². The number of hydrogen-bond acceptors (Lipinski definition) is 4. The lowest BCUT2D eigenvalue weighted by atomic mass is 10.0. The van der Waals surface area contributed by atoms with Crippen molar-refractivity contribution >= 4 is 11.9 Å². The molecule has 0 aromatic carbocycles. The molecule has 1 unspecified atom stereocenters. The number of methoxy groups -OCH3 is 1. The molecule has 0 saturated heterocycles. The summed E-state index contributed by atoms with van der Waals surface area (Å²) in [6.07, 6.45) is 14.4. The molecule has 0 bridgehead atoms. The minimum atomic E-state index is -0.271. The summed E-state index contributed by atoms with van der Waals surface area (Å²) in [5, 5.41) is 0. The second-order valence-electron chi connectivity index (χ2n) is 6.32. The zero-order chi connectivity index (χ0) is 17.3. The quantitative estimate of drug-likeness (QED) is 0.307. The maximum absolute atomic E-state index is 11.2. The van der Waals surface area contributed by atoms with Crippen molar-refractivity contribution in [3.05, 3.63) is 0 Å². The highest BCUT2D eigenvalue weighted by Gasteiger charge is 2.14. The lowest BCUT2D eigenvalue weighted by Gasteiger charge is -2.16. The minimum absolute atomic E-state index is 0.152. The molecule has 0 aromatic rings. The molecule has 4 nitrogen and oxygen atoms in total. The van der Waals surface area contributed by atoms with E-state index in [0.29, 0.717) is 12.8 Å². The highest BCUT2D eigenvalue weighted by molar-refractivity contribution is 5.69. The van der Waals surface area contributed by atoms with Crippen LogP contribution in [0, 0.1) is 0 Å². The fraction of sp³-hybridized carbons (Fsp3) is 0.895. The van der Waals surface area contributed by atoms with Crippen LogP contribution < -0.4 is 0 Å². The minimum Gasteiger partial charge on any atom is -0.469 e. The number of carbonyl (C=O) groups excluding carboxylic acids is 2. The molecule has 136 valence electrons. The maximum Gasteiger partial charge on any atom is 0.305 e. The summed E-state index contributed by atoms with van der Waals surface area (Å²) in [6.45, 7) is 3.66. The lowest BCUT2D eigenvalue weighted by Crippen LogP contribution is -2.18. The predicted octanol–water partition coefficient (Wildman–Crippen LogP) is 5.18. The number of hydrogen-bond donors (Lipinski definition) is 0. The molecule has 0 aliphatic carbocycles. The van der Waals surface area contributed by atoms with Crippen LogP contribution in [0.4, 0.5) is 0 Å². The van der Waals surface area contributed by atoms with E-state index in [1.165, 1.54) is 71.8 Å². The van der Waals surface area contributed by atoms with Crippen molar-refractivity contribution in [3.63, 3.8) is 0 Å². The fourth-order valence-electron chi connectivity index (χ4n) is 2.74. The van der Waals surface area contributed by atoms with Crippen molar-refractivity contribution in [1.82, 2.24) is 0 Å². The molecular formula is C19H36O4. The van der Waals surface area contributed by atoms with Gasteiger partial charge in [0, 0.05) is 13.3 Å². The van der Waals surface area contributed by atoms with Crippen LogP contribution in [-0.4, -0.2) is 25.2 Å². The molecule has 0 fully saturated rings. The van der Waals surface area contributed by atoms with Gasteiger partial charge in [-0.3, -0.25) is 9.59 Å². The SMILES string of the molecule is CCCCCCCCCCCCC(CCC(=O)OC)OC(C)=O. The van der Waals surface area contributed by atoms with Crippen LogP contribution in [0.3, 0.4) is 0 Å². The Balaban J connectivity index is 3.62. The second-order valence-corrected chi connectivity index (χ2v) is 6.32. The second kappa shape index (κ2) is 15.8. The zero-order valence-electron chi connectivity index (χ0n) is 15.4. The number of rotatable bonds is 15. The molecule has 23 heavy (non-hydrogen) atoms. The largest absolute Gasteiger partial charge is 0.469 e. The molecule has 0 aliphatic rings. The van der Waals surface area contributed by atoms with Gasteiger partial charge in [0.25, 0.3) is 0 Å². The van der Waals surface area contributed by atoms with E-state index in [0.717, 1.165) is 12.8 Å². The van der Waals surface area contributed by atoms with Crippen molar-refractivity contribution < 1.29 is 19.1 Å². The number of esters is 2. The van der Waals surface area contributed by atoms with Crippen molar-refractivity contribution in [3.8, 4) is 0 Å². The Morgan fingerprint density at radius 2 is 1.35 bits per heavy atom. The first-order valence-corrected chi connectivity index (χ1v) is 9.34. The predicted molar refractivity (Wildman–Crippen MR) is 93.3 cm³/mol. The van der Waals surface area contributed by atoms with Crippen molar-refractivity contribution in [1.29, 1.82) is 0 Å². The van der Waals surface area contributed by atoms with E-state index in [-0.39, 0.29) is 18.0 Å². The van der Waals surface area contributed by atoms with Gasteiger partial charge in [-0.1, -0.05) is 64.7 Å². The van der Waals surface area contributed by atoms with Gasteiger partial charge in [-0.05, 0) is 19.3 Å². The average molecular weight is 328 g/mol. The van der Waals surface area contributed by atoms with Gasteiger partial charge >= 0.3 is 11.9 Å². The molecule has 1 atom stereocenters. The Morgan fingerprint density at radius 1 is 0.826 bits per heavy atom. The smallest absolute Gasteiger partial charge is 0.305 e. The number of unbranched alkanes of at least 4 members (excludes halogenated alkanes) is 9. The van der Waals surface area contributed by atoms with Crippen LogP contribution in [0.2, 0.25) is 0 Å². The molecule has 0 heterocycles. The number of carbonyl (C=O) groups is 2. The van der Waals surface area contributed by atoms with Crippen LogP contribution >= 0.6 is 0 Å². The van der Waals surface area contributed by atoms with Gasteiger partial charge in [0.05, 0.1) is 7.11 Å². The summed E-state index contributed by atoms with van der Waals surface area (Å²) in [6, 6.07) is 0. The van der Waals surface area contributed by atoms with Gasteiger partial charge in [-0.15, -0.1) is 0 Å². The molecule has 4 heteroatoms. The molecule has 0 N–H and O–H groups in total. The molecule has 0 saturated carbocycles. The van der Waals surface area contributed by atoms with E-state index in [1.54, 1.807) is 0 Å². The third-order valence-electron chi connectivity index (χ3n) is 4.11. The molecule has 0 radical (unpaired) electrons. The van der Waals surface area contributed by atoms with Gasteiger partial charge in [0.15, 0.2) is 0 Å². The summed E-state index contributed by atoms with van der Waals surface area (Å²) in [5.41, 5.74) is 0. The van der Waals surface area contributed by atoms with Crippen LogP contribution in [0.5, 0.6) is 0 Å². The Kier molecular flexibility index (Phi) is 15.1. The van der Waals surface area contributed by atoms with Crippen LogP contribution in [0.15, 0.2) is 0 Å². The van der Waals surface area contributed by atoms with Crippen molar-refractivity contribution in [2.45, 2.75) is 103 Å². The van der Waals surface area contributed by atoms with Gasteiger partial charge in [0.1, 0.15) is 6.10 Å². The van der Waals surface area contributed by atoms with Gasteiger partial charge < -0.3 is 9.47 Å². The van der Waals surface area contributed by atoms with E-state index < -0.39 is 0 Å². The monoisotopic (exact) mass is 328 g/mol. The zero-order valence-corrected chi connectivity index (χ0v) is 15.4. The van der Waals surface area contributed by atoms with Crippen LogP contribution in [0.1, 0.15) is 97.3 Å².